The first kappa shape index (κ1) is 18.1. The van der Waals surface area contributed by atoms with Crippen LogP contribution in [0.4, 0.5) is 0 Å². The maximum absolute atomic E-state index is 11.9. The number of hydrogen-bond donors (Lipinski definition) is 1. The zero-order valence-electron chi connectivity index (χ0n) is 15.1. The average Bonchev–Trinajstić information content (AvgIpc) is 2.54. The van der Waals surface area contributed by atoms with Gasteiger partial charge >= 0.3 is 0 Å². The molecule has 0 saturated carbocycles. The molecule has 0 bridgehead atoms. The van der Waals surface area contributed by atoms with E-state index in [1.165, 1.54) is 22.3 Å². The number of aryl methyl sites for hydroxylation is 5. The van der Waals surface area contributed by atoms with Crippen molar-refractivity contribution in [3.05, 3.63) is 64.2 Å². The molecule has 1 amide bonds. The summed E-state index contributed by atoms with van der Waals surface area (Å²) in [5.74, 6) is 0.947. The number of carbonyl (C=O) groups excluding carboxylic acids is 1. The van der Waals surface area contributed by atoms with E-state index in [9.17, 15) is 4.79 Å². The molecule has 3 heteroatoms. The minimum absolute atomic E-state index is 0.0671. The summed E-state index contributed by atoms with van der Waals surface area (Å²) in [6.45, 7) is 9.31. The van der Waals surface area contributed by atoms with Crippen LogP contribution < -0.4 is 10.1 Å². The first-order valence-electron chi connectivity index (χ1n) is 8.48. The highest BCUT2D eigenvalue weighted by Gasteiger charge is 2.04. The number of amides is 1. The van der Waals surface area contributed by atoms with Crippen molar-refractivity contribution in [1.29, 1.82) is 0 Å². The molecule has 0 aliphatic rings. The van der Waals surface area contributed by atoms with Gasteiger partial charge in [0.15, 0.2) is 0 Å². The predicted molar refractivity (Wildman–Crippen MR) is 98.7 cm³/mol. The number of ether oxygens (including phenoxy) is 1. The van der Waals surface area contributed by atoms with Crippen LogP contribution in [-0.4, -0.2) is 19.1 Å². The second kappa shape index (κ2) is 8.53. The fraction of sp³-hybridized carbons (Fsp3) is 0.381. The molecular weight excluding hydrogens is 298 g/mol. The number of carbonyl (C=O) groups is 1. The van der Waals surface area contributed by atoms with Crippen LogP contribution in [0.2, 0.25) is 0 Å². The molecule has 0 radical (unpaired) electrons. The van der Waals surface area contributed by atoms with Gasteiger partial charge in [0.25, 0.3) is 0 Å². The fourth-order valence-electron chi connectivity index (χ4n) is 2.62. The largest absolute Gasteiger partial charge is 0.491 e. The topological polar surface area (TPSA) is 38.3 Å². The van der Waals surface area contributed by atoms with Crippen LogP contribution in [0.3, 0.4) is 0 Å². The van der Waals surface area contributed by atoms with Gasteiger partial charge in [-0.2, -0.15) is 0 Å². The molecule has 1 N–H and O–H groups in total. The van der Waals surface area contributed by atoms with Gasteiger partial charge in [0.05, 0.1) is 6.54 Å². The lowest BCUT2D eigenvalue weighted by Crippen LogP contribution is -2.28. The highest BCUT2D eigenvalue weighted by atomic mass is 16.5. The zero-order chi connectivity index (χ0) is 17.5. The van der Waals surface area contributed by atoms with E-state index in [0.29, 0.717) is 19.6 Å². The molecule has 0 spiro atoms. The molecule has 0 saturated heterocycles. The molecule has 128 valence electrons. The third kappa shape index (κ3) is 5.41. The van der Waals surface area contributed by atoms with Crippen LogP contribution in [-0.2, 0) is 11.2 Å². The van der Waals surface area contributed by atoms with Crippen molar-refractivity contribution >= 4 is 5.91 Å². The Kier molecular flexibility index (Phi) is 6.42. The smallest absolute Gasteiger partial charge is 0.220 e. The molecule has 0 unspecified atom stereocenters. The zero-order valence-corrected chi connectivity index (χ0v) is 15.1. The molecule has 3 nitrogen and oxygen atoms in total. The monoisotopic (exact) mass is 325 g/mol. The average molecular weight is 325 g/mol. The third-order valence-electron chi connectivity index (χ3n) is 4.22. The Balaban J connectivity index is 1.68. The molecule has 24 heavy (non-hydrogen) atoms. The minimum Gasteiger partial charge on any atom is -0.491 e. The summed E-state index contributed by atoms with van der Waals surface area (Å²) in [6.07, 6.45) is 1.27. The Labute approximate surface area is 145 Å². The number of nitrogens with one attached hydrogen (secondary N) is 1. The van der Waals surface area contributed by atoms with Crippen molar-refractivity contribution in [2.45, 2.75) is 40.5 Å². The second-order valence-corrected chi connectivity index (χ2v) is 6.39. The van der Waals surface area contributed by atoms with Gasteiger partial charge in [-0.15, -0.1) is 0 Å². The van der Waals surface area contributed by atoms with Gasteiger partial charge in [-0.3, -0.25) is 4.79 Å². The van der Waals surface area contributed by atoms with Crippen molar-refractivity contribution < 1.29 is 9.53 Å². The van der Waals surface area contributed by atoms with Crippen molar-refractivity contribution in [2.24, 2.45) is 0 Å². The van der Waals surface area contributed by atoms with Gasteiger partial charge in [-0.05, 0) is 62.4 Å². The van der Waals surface area contributed by atoms with E-state index in [1.54, 1.807) is 0 Å². The Morgan fingerprint density at radius 3 is 2.46 bits per heavy atom. The summed E-state index contributed by atoms with van der Waals surface area (Å²) in [5, 5.41) is 2.92. The molecule has 0 atom stereocenters. The molecule has 2 rings (SSSR count). The van der Waals surface area contributed by atoms with Gasteiger partial charge in [-0.25, -0.2) is 0 Å². The Morgan fingerprint density at radius 2 is 1.75 bits per heavy atom. The standard InChI is InChI=1S/C21H27NO2/c1-15-5-9-20(18(4)13-15)24-12-11-22-21(23)10-8-19-7-6-16(2)17(3)14-19/h5-7,9,13-14H,8,10-12H2,1-4H3,(H,22,23). The van der Waals surface area contributed by atoms with Crippen LogP contribution in [0.25, 0.3) is 0 Å². The summed E-state index contributed by atoms with van der Waals surface area (Å²) in [7, 11) is 0. The lowest BCUT2D eigenvalue weighted by atomic mass is 10.0. The van der Waals surface area contributed by atoms with Crippen molar-refractivity contribution in [1.82, 2.24) is 5.32 Å². The molecule has 2 aromatic carbocycles. The Morgan fingerprint density at radius 1 is 0.958 bits per heavy atom. The molecular formula is C21H27NO2. The number of rotatable bonds is 7. The van der Waals surface area contributed by atoms with Gasteiger partial charge in [0.2, 0.25) is 5.91 Å². The number of hydrogen-bond acceptors (Lipinski definition) is 2. The fourth-order valence-corrected chi connectivity index (χ4v) is 2.62. The molecule has 0 heterocycles. The minimum atomic E-state index is 0.0671. The SMILES string of the molecule is Cc1ccc(OCCNC(=O)CCc2ccc(C)c(C)c2)c(C)c1. The van der Waals surface area contributed by atoms with Gasteiger partial charge in [0, 0.05) is 6.42 Å². The molecule has 2 aromatic rings. The lowest BCUT2D eigenvalue weighted by molar-refractivity contribution is -0.121. The van der Waals surface area contributed by atoms with Crippen LogP contribution >= 0.6 is 0 Å². The summed E-state index contributed by atoms with van der Waals surface area (Å²) in [5.41, 5.74) is 6.11. The molecule has 0 aliphatic heterocycles. The van der Waals surface area contributed by atoms with E-state index >= 15 is 0 Å². The van der Waals surface area contributed by atoms with E-state index in [4.69, 9.17) is 4.74 Å². The van der Waals surface area contributed by atoms with Crippen LogP contribution in [0.5, 0.6) is 5.75 Å². The summed E-state index contributed by atoms with van der Waals surface area (Å²) < 4.78 is 5.72. The quantitative estimate of drug-likeness (QED) is 0.780. The Bertz CT molecular complexity index is 707. The van der Waals surface area contributed by atoms with Gasteiger partial charge in [-0.1, -0.05) is 35.9 Å². The van der Waals surface area contributed by atoms with Crippen LogP contribution in [0, 0.1) is 27.7 Å². The lowest BCUT2D eigenvalue weighted by Gasteiger charge is -2.11. The summed E-state index contributed by atoms with van der Waals surface area (Å²) in [6, 6.07) is 12.5. The van der Waals surface area contributed by atoms with Crippen LogP contribution in [0.15, 0.2) is 36.4 Å². The molecule has 0 aromatic heterocycles. The molecule has 0 aliphatic carbocycles. The van der Waals surface area contributed by atoms with E-state index in [0.717, 1.165) is 17.7 Å². The highest BCUT2D eigenvalue weighted by molar-refractivity contribution is 5.76. The van der Waals surface area contributed by atoms with Crippen molar-refractivity contribution in [3.63, 3.8) is 0 Å². The van der Waals surface area contributed by atoms with E-state index in [1.807, 2.05) is 19.1 Å². The van der Waals surface area contributed by atoms with E-state index < -0.39 is 0 Å². The highest BCUT2D eigenvalue weighted by Crippen LogP contribution is 2.18. The second-order valence-electron chi connectivity index (χ2n) is 6.39. The number of benzene rings is 2. The van der Waals surface area contributed by atoms with E-state index in [-0.39, 0.29) is 5.91 Å². The van der Waals surface area contributed by atoms with Crippen LogP contribution in [0.1, 0.15) is 34.2 Å². The van der Waals surface area contributed by atoms with Crippen molar-refractivity contribution in [2.75, 3.05) is 13.2 Å². The van der Waals surface area contributed by atoms with Gasteiger partial charge in [0.1, 0.15) is 12.4 Å². The first-order valence-corrected chi connectivity index (χ1v) is 8.48. The third-order valence-corrected chi connectivity index (χ3v) is 4.22. The predicted octanol–water partition coefficient (Wildman–Crippen LogP) is 4.05. The molecule has 0 fully saturated rings. The van der Waals surface area contributed by atoms with Gasteiger partial charge < -0.3 is 10.1 Å². The van der Waals surface area contributed by atoms with Crippen molar-refractivity contribution in [3.8, 4) is 5.75 Å². The Hall–Kier alpha value is -2.29. The summed E-state index contributed by atoms with van der Waals surface area (Å²) in [4.78, 5) is 11.9. The first-order chi connectivity index (χ1) is 11.5. The maximum atomic E-state index is 11.9. The van der Waals surface area contributed by atoms with E-state index in [2.05, 4.69) is 50.4 Å². The normalized spacial score (nSPS) is 10.5. The summed E-state index contributed by atoms with van der Waals surface area (Å²) >= 11 is 0. The maximum Gasteiger partial charge on any atom is 0.220 e.